The van der Waals surface area contributed by atoms with E-state index in [1.165, 1.54) is 0 Å². The van der Waals surface area contributed by atoms with E-state index in [4.69, 9.17) is 16.8 Å². The Kier molecular flexibility index (Phi) is 3.87. The predicted octanol–water partition coefficient (Wildman–Crippen LogP) is 12.6. The highest BCUT2D eigenvalue weighted by Gasteiger charge is 2.21. The lowest BCUT2D eigenvalue weighted by Crippen LogP contribution is -1.92. The quantitative estimate of drug-likeness (QED) is 0.188. The fourth-order valence-corrected chi connectivity index (χ4v) is 6.35. The normalized spacial score (nSPS) is 15.0. The van der Waals surface area contributed by atoms with E-state index in [1.54, 1.807) is 0 Å². The lowest BCUT2D eigenvalue weighted by molar-refractivity contribution is 0.670. The van der Waals surface area contributed by atoms with Crippen molar-refractivity contribution in [2.75, 3.05) is 0 Å². The lowest BCUT2D eigenvalue weighted by Gasteiger charge is -2.19. The molecule has 45 heavy (non-hydrogen) atoms. The van der Waals surface area contributed by atoms with Gasteiger partial charge in [-0.2, -0.15) is 0 Å². The zero-order valence-electron chi connectivity index (χ0n) is 34.7. The summed E-state index contributed by atoms with van der Waals surface area (Å²) >= 11 is 0. The molecule has 9 rings (SSSR count). The molecule has 0 saturated carbocycles. The van der Waals surface area contributed by atoms with Gasteiger partial charge in [-0.1, -0.05) is 158 Å². The van der Waals surface area contributed by atoms with Gasteiger partial charge in [0.25, 0.3) is 0 Å². The standard InChI is InChI=1S/C44H28O/c1-3-14-29(15-4-1)31-26-27-33-39-24-13-25-40(44(39)45-41(33)28-31)43-37-22-11-9-20-35(37)42(36-21-10-12-23-38(36)43)34-19-8-7-18-32(34)30-16-5-2-6-17-30/h1-28H/i1D,3D,4D,13D,14D,15D,24D,25D,26D,27D,28D. The molecule has 0 radical (unpaired) electrons. The van der Waals surface area contributed by atoms with Crippen LogP contribution in [0.3, 0.4) is 0 Å². The van der Waals surface area contributed by atoms with Gasteiger partial charge in [0.15, 0.2) is 0 Å². The van der Waals surface area contributed by atoms with Gasteiger partial charge in [-0.15, -0.1) is 0 Å². The van der Waals surface area contributed by atoms with Crippen molar-refractivity contribution in [3.63, 3.8) is 0 Å². The molecule has 0 spiro atoms. The van der Waals surface area contributed by atoms with Crippen LogP contribution in [0.25, 0.3) is 88.0 Å². The van der Waals surface area contributed by atoms with Crippen LogP contribution < -0.4 is 0 Å². The molecule has 1 heteroatoms. The second-order valence-corrected chi connectivity index (χ2v) is 10.8. The Bertz CT molecular complexity index is 3070. The van der Waals surface area contributed by atoms with Crippen molar-refractivity contribution < 1.29 is 19.5 Å². The highest BCUT2D eigenvalue weighted by Crippen LogP contribution is 2.48. The van der Waals surface area contributed by atoms with Crippen molar-refractivity contribution in [3.8, 4) is 44.5 Å². The molecule has 0 aliphatic carbocycles. The van der Waals surface area contributed by atoms with Crippen molar-refractivity contribution in [1.29, 1.82) is 0 Å². The van der Waals surface area contributed by atoms with Crippen LogP contribution in [0.2, 0.25) is 0 Å². The third-order valence-electron chi connectivity index (χ3n) is 8.27. The SMILES string of the molecule is [2H]c1c([2H])c([2H])c(-c2c([2H])c([2H])c3c(oc4c(-c5c6ccccc6c(-c6ccccc6-c6ccccc6)c6ccccc56)c([2H])c([2H])c([2H])c43)c2[2H])c([2H])c1[2H]. The smallest absolute Gasteiger partial charge is 0.143 e. The highest BCUT2D eigenvalue weighted by atomic mass is 16.3. The Labute approximate surface area is 277 Å². The first-order valence-corrected chi connectivity index (χ1v) is 14.6. The molecule has 9 aromatic rings. The monoisotopic (exact) mass is 583 g/mol. The predicted molar refractivity (Wildman–Crippen MR) is 190 cm³/mol. The van der Waals surface area contributed by atoms with Gasteiger partial charge in [0, 0.05) is 21.9 Å². The Morgan fingerprint density at radius 2 is 0.978 bits per heavy atom. The minimum atomic E-state index is -0.655. The van der Waals surface area contributed by atoms with E-state index in [0.29, 0.717) is 5.56 Å². The molecule has 210 valence electrons. The minimum absolute atomic E-state index is 0.0257. The summed E-state index contributed by atoms with van der Waals surface area (Å²) in [5, 5.41) is 3.04. The molecule has 0 N–H and O–H groups in total. The molecule has 0 atom stereocenters. The summed E-state index contributed by atoms with van der Waals surface area (Å²) in [6, 6.07) is 27.8. The van der Waals surface area contributed by atoms with Crippen molar-refractivity contribution in [2.24, 2.45) is 0 Å². The van der Waals surface area contributed by atoms with Crippen molar-refractivity contribution in [2.45, 2.75) is 0 Å². The molecule has 1 heterocycles. The maximum Gasteiger partial charge on any atom is 0.143 e. The van der Waals surface area contributed by atoms with E-state index in [9.17, 15) is 2.74 Å². The summed E-state index contributed by atoms with van der Waals surface area (Å²) in [5.41, 5.74) is 3.63. The van der Waals surface area contributed by atoms with Crippen LogP contribution in [0, 0.1) is 0 Å². The van der Waals surface area contributed by atoms with Crippen LogP contribution in [0.5, 0.6) is 0 Å². The van der Waals surface area contributed by atoms with Crippen molar-refractivity contribution in [1.82, 2.24) is 0 Å². The minimum Gasteiger partial charge on any atom is -0.455 e. The molecule has 1 aromatic heterocycles. The average Bonchev–Trinajstić information content (AvgIpc) is 3.63. The molecule has 0 aliphatic heterocycles. The second-order valence-electron chi connectivity index (χ2n) is 10.8. The van der Waals surface area contributed by atoms with E-state index in [2.05, 4.69) is 24.3 Å². The van der Waals surface area contributed by atoms with Gasteiger partial charge in [-0.25, -0.2) is 0 Å². The Morgan fingerprint density at radius 3 is 1.67 bits per heavy atom. The van der Waals surface area contributed by atoms with Crippen molar-refractivity contribution >= 4 is 43.5 Å². The molecule has 0 fully saturated rings. The summed E-state index contributed by atoms with van der Waals surface area (Å²) in [5.74, 6) is 0. The summed E-state index contributed by atoms with van der Waals surface area (Å²) in [4.78, 5) is 0. The van der Waals surface area contributed by atoms with Crippen LogP contribution in [-0.2, 0) is 0 Å². The fourth-order valence-electron chi connectivity index (χ4n) is 6.35. The summed E-state index contributed by atoms with van der Waals surface area (Å²) in [7, 11) is 0. The first-order chi connectivity index (χ1) is 26.9. The maximum absolute atomic E-state index is 9.39. The number of hydrogen-bond acceptors (Lipinski definition) is 1. The largest absolute Gasteiger partial charge is 0.455 e. The molecule has 0 aliphatic rings. The van der Waals surface area contributed by atoms with Gasteiger partial charge in [0.05, 0.1) is 15.1 Å². The zero-order chi connectivity index (χ0) is 39.3. The molecular weight excluding hydrogens is 544 g/mol. The molecule has 0 unspecified atom stereocenters. The van der Waals surface area contributed by atoms with Gasteiger partial charge < -0.3 is 4.42 Å². The number of rotatable bonds is 4. The van der Waals surface area contributed by atoms with E-state index >= 15 is 0 Å². The first kappa shape index (κ1) is 16.8. The second kappa shape index (κ2) is 10.4. The fraction of sp³-hybridized carbons (Fsp3) is 0. The van der Waals surface area contributed by atoms with E-state index < -0.39 is 66.0 Å². The van der Waals surface area contributed by atoms with Crippen molar-refractivity contribution in [3.05, 3.63) is 170 Å². The van der Waals surface area contributed by atoms with Gasteiger partial charge in [0.1, 0.15) is 11.2 Å². The Hall–Kier alpha value is -5.92. The lowest BCUT2D eigenvalue weighted by atomic mass is 9.83. The van der Waals surface area contributed by atoms with E-state index in [-0.39, 0.29) is 39.1 Å². The van der Waals surface area contributed by atoms with Gasteiger partial charge in [-0.05, 0) is 67.0 Å². The van der Waals surface area contributed by atoms with Gasteiger partial charge >= 0.3 is 0 Å². The number of hydrogen-bond donors (Lipinski definition) is 0. The maximum atomic E-state index is 9.39. The van der Waals surface area contributed by atoms with Crippen LogP contribution in [0.15, 0.2) is 174 Å². The summed E-state index contributed by atoms with van der Waals surface area (Å²) in [6.45, 7) is 0. The first-order valence-electron chi connectivity index (χ1n) is 20.1. The Morgan fingerprint density at radius 1 is 0.378 bits per heavy atom. The van der Waals surface area contributed by atoms with Crippen LogP contribution in [0.4, 0.5) is 0 Å². The number of para-hydroxylation sites is 1. The molecule has 8 aromatic carbocycles. The van der Waals surface area contributed by atoms with Gasteiger partial charge in [0.2, 0.25) is 0 Å². The third kappa shape index (κ3) is 4.09. The zero-order valence-corrected chi connectivity index (χ0v) is 23.7. The molecule has 0 amide bonds. The molecule has 1 nitrogen and oxygen atoms in total. The molecule has 0 saturated heterocycles. The topological polar surface area (TPSA) is 13.1 Å². The number of fused-ring (bicyclic) bond motifs is 5. The number of benzene rings is 8. The van der Waals surface area contributed by atoms with Gasteiger partial charge in [-0.3, -0.25) is 0 Å². The molecule has 0 bridgehead atoms. The summed E-state index contributed by atoms with van der Waals surface area (Å²) < 4.78 is 103. The number of furan rings is 1. The van der Waals surface area contributed by atoms with Crippen LogP contribution >= 0.6 is 0 Å². The van der Waals surface area contributed by atoms with E-state index in [1.807, 2.05) is 78.9 Å². The summed E-state index contributed by atoms with van der Waals surface area (Å²) in [6.07, 6.45) is 0. The highest BCUT2D eigenvalue weighted by molar-refractivity contribution is 6.25. The van der Waals surface area contributed by atoms with E-state index in [0.717, 1.165) is 43.8 Å². The van der Waals surface area contributed by atoms with Crippen LogP contribution in [-0.4, -0.2) is 0 Å². The van der Waals surface area contributed by atoms with Crippen LogP contribution in [0.1, 0.15) is 15.1 Å². The Balaban J connectivity index is 1.44. The third-order valence-corrected chi connectivity index (χ3v) is 8.27. The average molecular weight is 584 g/mol. The molecular formula is C44H28O.